The number of methoxy groups -OCH3 is 1. The summed E-state index contributed by atoms with van der Waals surface area (Å²) < 4.78 is 5.38. The van der Waals surface area contributed by atoms with Gasteiger partial charge in [0.05, 0.1) is 12.8 Å². The highest BCUT2D eigenvalue weighted by Crippen LogP contribution is 2.31. The van der Waals surface area contributed by atoms with Crippen LogP contribution in [0.15, 0.2) is 24.3 Å². The second-order valence-corrected chi connectivity index (χ2v) is 4.63. The molecule has 2 rings (SSSR count). The predicted molar refractivity (Wildman–Crippen MR) is 84.8 cm³/mol. The van der Waals surface area contributed by atoms with Crippen LogP contribution >= 0.6 is 0 Å². The summed E-state index contributed by atoms with van der Waals surface area (Å²) in [6.45, 7) is 0. The Morgan fingerprint density at radius 3 is 2.29 bits per heavy atom. The number of para-hydroxylation sites is 2. The van der Waals surface area contributed by atoms with E-state index in [9.17, 15) is 0 Å². The molecule has 7 nitrogen and oxygen atoms in total. The SMILES string of the molecule is CNc1nc(N(C)C)nc(N(C)c2ccccc2OC)n1. The van der Waals surface area contributed by atoms with Crippen LogP contribution in [0, 0.1) is 0 Å². The van der Waals surface area contributed by atoms with Crippen LogP contribution in [-0.4, -0.2) is 50.3 Å². The summed E-state index contributed by atoms with van der Waals surface area (Å²) in [6, 6.07) is 7.73. The number of benzene rings is 1. The Hall–Kier alpha value is -2.57. The molecule has 112 valence electrons. The Kier molecular flexibility index (Phi) is 4.42. The number of nitrogens with one attached hydrogen (secondary N) is 1. The van der Waals surface area contributed by atoms with Crippen molar-refractivity contribution in [3.05, 3.63) is 24.3 Å². The minimum Gasteiger partial charge on any atom is -0.495 e. The topological polar surface area (TPSA) is 66.4 Å². The molecule has 0 aliphatic rings. The lowest BCUT2D eigenvalue weighted by atomic mass is 10.3. The molecule has 0 bridgehead atoms. The van der Waals surface area contributed by atoms with Crippen molar-refractivity contribution in [3.63, 3.8) is 0 Å². The van der Waals surface area contributed by atoms with Gasteiger partial charge in [-0.3, -0.25) is 0 Å². The molecule has 1 aromatic heterocycles. The lowest BCUT2D eigenvalue weighted by Crippen LogP contribution is -2.20. The minimum atomic E-state index is 0.519. The summed E-state index contributed by atoms with van der Waals surface area (Å²) >= 11 is 0. The average Bonchev–Trinajstić information content (AvgIpc) is 2.53. The summed E-state index contributed by atoms with van der Waals surface area (Å²) in [6.07, 6.45) is 0. The molecule has 0 aliphatic carbocycles. The Morgan fingerprint density at radius 2 is 1.67 bits per heavy atom. The quantitative estimate of drug-likeness (QED) is 0.899. The zero-order valence-electron chi connectivity index (χ0n) is 13.0. The second-order valence-electron chi connectivity index (χ2n) is 4.63. The third kappa shape index (κ3) is 3.13. The van der Waals surface area contributed by atoms with Crippen LogP contribution in [0.3, 0.4) is 0 Å². The van der Waals surface area contributed by atoms with Gasteiger partial charge in [-0.1, -0.05) is 12.1 Å². The van der Waals surface area contributed by atoms with Gasteiger partial charge in [0.25, 0.3) is 0 Å². The van der Waals surface area contributed by atoms with E-state index in [1.807, 2.05) is 55.2 Å². The Balaban J connectivity index is 2.47. The first-order chi connectivity index (χ1) is 10.1. The molecule has 0 unspecified atom stereocenters. The fourth-order valence-electron chi connectivity index (χ4n) is 1.83. The molecule has 0 aliphatic heterocycles. The fraction of sp³-hybridized carbons (Fsp3) is 0.357. The molecule has 1 N–H and O–H groups in total. The van der Waals surface area contributed by atoms with E-state index in [2.05, 4.69) is 20.3 Å². The molecule has 0 amide bonds. The molecule has 0 saturated heterocycles. The standard InChI is InChI=1S/C14H20N6O/c1-15-12-16-13(19(2)3)18-14(17-12)20(4)10-8-6-7-9-11(10)21-5/h6-9H,1-5H3,(H,15,16,17,18). The van der Waals surface area contributed by atoms with E-state index in [0.29, 0.717) is 17.8 Å². The molecule has 2 aromatic rings. The average molecular weight is 288 g/mol. The lowest BCUT2D eigenvalue weighted by Gasteiger charge is -2.21. The van der Waals surface area contributed by atoms with E-state index in [-0.39, 0.29) is 0 Å². The molecule has 1 heterocycles. The first-order valence-electron chi connectivity index (χ1n) is 6.54. The maximum atomic E-state index is 5.38. The largest absolute Gasteiger partial charge is 0.495 e. The maximum Gasteiger partial charge on any atom is 0.236 e. The van der Waals surface area contributed by atoms with Gasteiger partial charge in [0, 0.05) is 28.2 Å². The van der Waals surface area contributed by atoms with Crippen LogP contribution in [-0.2, 0) is 0 Å². The van der Waals surface area contributed by atoms with Crippen LogP contribution in [0.5, 0.6) is 5.75 Å². The van der Waals surface area contributed by atoms with Gasteiger partial charge in [-0.05, 0) is 12.1 Å². The van der Waals surface area contributed by atoms with E-state index < -0.39 is 0 Å². The normalized spacial score (nSPS) is 10.1. The smallest absolute Gasteiger partial charge is 0.236 e. The lowest BCUT2D eigenvalue weighted by molar-refractivity contribution is 0.415. The number of aromatic nitrogens is 3. The zero-order valence-corrected chi connectivity index (χ0v) is 13.0. The third-order valence-electron chi connectivity index (χ3n) is 2.98. The van der Waals surface area contributed by atoms with Crippen molar-refractivity contribution in [2.75, 3.05) is 50.4 Å². The van der Waals surface area contributed by atoms with Gasteiger partial charge in [0.1, 0.15) is 5.75 Å². The number of hydrogen-bond acceptors (Lipinski definition) is 7. The van der Waals surface area contributed by atoms with Gasteiger partial charge in [0.2, 0.25) is 17.8 Å². The third-order valence-corrected chi connectivity index (χ3v) is 2.98. The van der Waals surface area contributed by atoms with Crippen LogP contribution in [0.4, 0.5) is 23.5 Å². The van der Waals surface area contributed by atoms with Crippen LogP contribution in [0.25, 0.3) is 0 Å². The molecular weight excluding hydrogens is 268 g/mol. The molecule has 0 radical (unpaired) electrons. The molecular formula is C14H20N6O. The van der Waals surface area contributed by atoms with Gasteiger partial charge >= 0.3 is 0 Å². The highest BCUT2D eigenvalue weighted by Gasteiger charge is 2.15. The van der Waals surface area contributed by atoms with Crippen molar-refractivity contribution in [2.45, 2.75) is 0 Å². The van der Waals surface area contributed by atoms with Crippen molar-refractivity contribution in [1.82, 2.24) is 15.0 Å². The Bertz CT molecular complexity index is 616. The van der Waals surface area contributed by atoms with Crippen LogP contribution in [0.1, 0.15) is 0 Å². The highest BCUT2D eigenvalue weighted by atomic mass is 16.5. The summed E-state index contributed by atoms with van der Waals surface area (Å²) in [4.78, 5) is 16.9. The first-order valence-corrected chi connectivity index (χ1v) is 6.54. The van der Waals surface area contributed by atoms with Crippen molar-refractivity contribution < 1.29 is 4.74 Å². The van der Waals surface area contributed by atoms with E-state index in [4.69, 9.17) is 4.74 Å². The van der Waals surface area contributed by atoms with E-state index in [1.165, 1.54) is 0 Å². The Labute approximate surface area is 124 Å². The van der Waals surface area contributed by atoms with Crippen LogP contribution in [0.2, 0.25) is 0 Å². The monoisotopic (exact) mass is 288 g/mol. The summed E-state index contributed by atoms with van der Waals surface area (Å²) in [5.41, 5.74) is 0.887. The maximum absolute atomic E-state index is 5.38. The molecule has 1 aromatic carbocycles. The zero-order chi connectivity index (χ0) is 15.4. The van der Waals surface area contributed by atoms with Gasteiger partial charge in [-0.2, -0.15) is 15.0 Å². The van der Waals surface area contributed by atoms with Gasteiger partial charge < -0.3 is 19.9 Å². The molecule has 0 spiro atoms. The van der Waals surface area contributed by atoms with Gasteiger partial charge in [-0.15, -0.1) is 0 Å². The molecule has 21 heavy (non-hydrogen) atoms. The van der Waals surface area contributed by atoms with E-state index in [0.717, 1.165) is 11.4 Å². The van der Waals surface area contributed by atoms with E-state index in [1.54, 1.807) is 14.2 Å². The van der Waals surface area contributed by atoms with Gasteiger partial charge in [0.15, 0.2) is 0 Å². The summed E-state index contributed by atoms with van der Waals surface area (Å²) in [5.74, 6) is 2.41. The minimum absolute atomic E-state index is 0.519. The molecule has 0 fully saturated rings. The number of rotatable bonds is 5. The summed E-state index contributed by atoms with van der Waals surface area (Å²) in [7, 11) is 9.10. The number of anilines is 4. The predicted octanol–water partition coefficient (Wildman–Crippen LogP) is 1.76. The molecule has 0 atom stereocenters. The Morgan fingerprint density at radius 1 is 1.00 bits per heavy atom. The van der Waals surface area contributed by atoms with Crippen molar-refractivity contribution >= 4 is 23.5 Å². The second kappa shape index (κ2) is 6.25. The van der Waals surface area contributed by atoms with Crippen LogP contribution < -0.4 is 19.9 Å². The highest BCUT2D eigenvalue weighted by molar-refractivity contribution is 5.65. The molecule has 7 heteroatoms. The number of ether oxygens (including phenoxy) is 1. The first kappa shape index (κ1) is 14.8. The number of hydrogen-bond donors (Lipinski definition) is 1. The molecule has 0 saturated carbocycles. The van der Waals surface area contributed by atoms with Gasteiger partial charge in [-0.25, -0.2) is 0 Å². The number of nitrogens with zero attached hydrogens (tertiary/aromatic N) is 5. The van der Waals surface area contributed by atoms with Crippen molar-refractivity contribution in [1.29, 1.82) is 0 Å². The van der Waals surface area contributed by atoms with Crippen molar-refractivity contribution in [3.8, 4) is 5.75 Å². The van der Waals surface area contributed by atoms with Crippen molar-refractivity contribution in [2.24, 2.45) is 0 Å². The van der Waals surface area contributed by atoms with E-state index >= 15 is 0 Å². The summed E-state index contributed by atoms with van der Waals surface area (Å²) in [5, 5.41) is 2.95. The fourth-order valence-corrected chi connectivity index (χ4v) is 1.83.